The van der Waals surface area contributed by atoms with Crippen LogP contribution in [0.3, 0.4) is 0 Å². The molecule has 0 radical (unpaired) electrons. The summed E-state index contributed by atoms with van der Waals surface area (Å²) in [5.41, 5.74) is 4.80. The van der Waals surface area contributed by atoms with Crippen LogP contribution in [0.5, 0.6) is 0 Å². The molecule has 0 aromatic heterocycles. The number of hydrogen-bond donors (Lipinski definition) is 0. The predicted molar refractivity (Wildman–Crippen MR) is 91.5 cm³/mol. The van der Waals surface area contributed by atoms with E-state index in [2.05, 4.69) is 32.9 Å². The van der Waals surface area contributed by atoms with Crippen LogP contribution in [0, 0.1) is 20.8 Å². The first-order valence-corrected chi connectivity index (χ1v) is 8.29. The Morgan fingerprint density at radius 1 is 1.10 bits per heavy atom. The molecule has 21 heavy (non-hydrogen) atoms. The minimum atomic E-state index is 0.231. The molecule has 2 aromatic rings. The van der Waals surface area contributed by atoms with Gasteiger partial charge in [0, 0.05) is 11.3 Å². The molecule has 0 saturated carbocycles. The van der Waals surface area contributed by atoms with E-state index >= 15 is 0 Å². The van der Waals surface area contributed by atoms with Crippen LogP contribution in [0.2, 0.25) is 5.02 Å². The molecule has 0 saturated heterocycles. The van der Waals surface area contributed by atoms with Crippen LogP contribution >= 0.6 is 23.4 Å². The molecule has 0 fully saturated rings. The van der Waals surface area contributed by atoms with Crippen molar-refractivity contribution in [2.75, 3.05) is 5.75 Å². The number of carbonyl (C=O) groups excluding carboxylic acids is 1. The number of hydrogen-bond acceptors (Lipinski definition) is 2. The zero-order valence-electron chi connectivity index (χ0n) is 12.6. The second-order valence-corrected chi connectivity index (χ2v) is 6.74. The molecule has 0 aliphatic carbocycles. The summed E-state index contributed by atoms with van der Waals surface area (Å²) in [5, 5.41) is 0.706. The summed E-state index contributed by atoms with van der Waals surface area (Å²) in [7, 11) is 0. The molecule has 110 valence electrons. The van der Waals surface area contributed by atoms with Crippen molar-refractivity contribution in [3.05, 3.63) is 63.7 Å². The normalized spacial score (nSPS) is 10.7. The fourth-order valence-corrected chi connectivity index (χ4v) is 3.56. The second-order valence-electron chi connectivity index (χ2n) is 5.31. The van der Waals surface area contributed by atoms with Crippen molar-refractivity contribution in [3.8, 4) is 0 Å². The van der Waals surface area contributed by atoms with E-state index in [0.717, 1.165) is 10.5 Å². The first-order chi connectivity index (χ1) is 9.97. The Morgan fingerprint density at radius 2 is 1.71 bits per heavy atom. The van der Waals surface area contributed by atoms with Gasteiger partial charge in [-0.2, -0.15) is 0 Å². The highest BCUT2D eigenvalue weighted by Crippen LogP contribution is 2.27. The Labute approximate surface area is 135 Å². The van der Waals surface area contributed by atoms with Crippen molar-refractivity contribution in [1.82, 2.24) is 0 Å². The Bertz CT molecular complexity index is 641. The zero-order valence-corrected chi connectivity index (χ0v) is 14.1. The van der Waals surface area contributed by atoms with Crippen LogP contribution in [-0.2, 0) is 11.2 Å². The third-order valence-corrected chi connectivity index (χ3v) is 5.01. The van der Waals surface area contributed by atoms with E-state index < -0.39 is 0 Å². The summed E-state index contributed by atoms with van der Waals surface area (Å²) in [6, 6.07) is 11.9. The van der Waals surface area contributed by atoms with Crippen molar-refractivity contribution < 1.29 is 4.79 Å². The maximum atomic E-state index is 12.2. The van der Waals surface area contributed by atoms with Crippen molar-refractivity contribution in [2.24, 2.45) is 0 Å². The van der Waals surface area contributed by atoms with Crippen LogP contribution in [0.15, 0.2) is 41.3 Å². The van der Waals surface area contributed by atoms with Gasteiger partial charge in [0.2, 0.25) is 0 Å². The standard InChI is InChI=1S/C18H19ClOS/c1-12-8-13(2)16(14(3)9-12)10-15(20)11-21-18-7-5-4-6-17(18)19/h4-9H,10-11H2,1-3H3. The summed E-state index contributed by atoms with van der Waals surface area (Å²) in [6.45, 7) is 6.23. The maximum Gasteiger partial charge on any atom is 0.147 e. The van der Waals surface area contributed by atoms with Crippen molar-refractivity contribution in [3.63, 3.8) is 0 Å². The minimum Gasteiger partial charge on any atom is -0.298 e. The topological polar surface area (TPSA) is 17.1 Å². The molecule has 0 aliphatic heterocycles. The third kappa shape index (κ3) is 4.36. The summed E-state index contributed by atoms with van der Waals surface area (Å²) < 4.78 is 0. The Kier molecular flexibility index (Phi) is 5.49. The first kappa shape index (κ1) is 16.1. The van der Waals surface area contributed by atoms with Crippen LogP contribution in [0.4, 0.5) is 0 Å². The van der Waals surface area contributed by atoms with E-state index in [9.17, 15) is 4.79 Å². The lowest BCUT2D eigenvalue weighted by molar-refractivity contribution is -0.116. The molecule has 2 rings (SSSR count). The molecule has 0 unspecified atom stereocenters. The van der Waals surface area contributed by atoms with Crippen molar-refractivity contribution >= 4 is 29.1 Å². The van der Waals surface area contributed by atoms with Crippen molar-refractivity contribution in [2.45, 2.75) is 32.1 Å². The van der Waals surface area contributed by atoms with Gasteiger partial charge in [-0.1, -0.05) is 41.4 Å². The third-order valence-electron chi connectivity index (χ3n) is 3.44. The van der Waals surface area contributed by atoms with Gasteiger partial charge in [0.05, 0.1) is 10.8 Å². The molecular formula is C18H19ClOS. The molecule has 0 atom stereocenters. The average Bonchev–Trinajstić information content (AvgIpc) is 2.42. The van der Waals surface area contributed by atoms with Gasteiger partial charge in [0.15, 0.2) is 0 Å². The maximum absolute atomic E-state index is 12.2. The predicted octanol–water partition coefficient (Wildman–Crippen LogP) is 5.17. The van der Waals surface area contributed by atoms with Crippen molar-refractivity contribution in [1.29, 1.82) is 0 Å². The summed E-state index contributed by atoms with van der Waals surface area (Å²) in [5.74, 6) is 0.686. The molecule has 0 spiro atoms. The van der Waals surface area contributed by atoms with E-state index in [1.807, 2.05) is 24.3 Å². The number of thioether (sulfide) groups is 1. The van der Waals surface area contributed by atoms with Gasteiger partial charge in [-0.25, -0.2) is 0 Å². The van der Waals surface area contributed by atoms with Crippen LogP contribution < -0.4 is 0 Å². The zero-order chi connectivity index (χ0) is 15.4. The first-order valence-electron chi connectivity index (χ1n) is 6.93. The number of Topliss-reactive ketones (excluding diaryl/α,β-unsaturated/α-hetero) is 1. The fourth-order valence-electron chi connectivity index (χ4n) is 2.46. The quantitative estimate of drug-likeness (QED) is 0.707. The van der Waals surface area contributed by atoms with Gasteiger partial charge in [-0.15, -0.1) is 11.8 Å². The van der Waals surface area contributed by atoms with Gasteiger partial charge in [0.1, 0.15) is 5.78 Å². The minimum absolute atomic E-state index is 0.231. The van der Waals surface area contributed by atoms with Gasteiger partial charge in [-0.3, -0.25) is 4.79 Å². The highest BCUT2D eigenvalue weighted by atomic mass is 35.5. The Morgan fingerprint density at radius 3 is 2.33 bits per heavy atom. The van der Waals surface area contributed by atoms with Crippen LogP contribution in [0.25, 0.3) is 0 Å². The molecule has 1 nitrogen and oxygen atoms in total. The SMILES string of the molecule is Cc1cc(C)c(CC(=O)CSc2ccccc2Cl)c(C)c1. The van der Waals surface area contributed by atoms with Gasteiger partial charge < -0.3 is 0 Å². The summed E-state index contributed by atoms with van der Waals surface area (Å²) in [6.07, 6.45) is 0.495. The molecule has 3 heteroatoms. The fraction of sp³-hybridized carbons (Fsp3) is 0.278. The van der Waals surface area contributed by atoms with E-state index in [0.29, 0.717) is 17.2 Å². The number of halogens is 1. The number of carbonyl (C=O) groups is 1. The largest absolute Gasteiger partial charge is 0.298 e. The van der Waals surface area contributed by atoms with E-state index in [1.165, 1.54) is 28.5 Å². The number of benzene rings is 2. The Hall–Kier alpha value is -1.25. The number of rotatable bonds is 5. The van der Waals surface area contributed by atoms with E-state index in [4.69, 9.17) is 11.6 Å². The molecule has 0 heterocycles. The lowest BCUT2D eigenvalue weighted by Crippen LogP contribution is -2.08. The van der Waals surface area contributed by atoms with E-state index in [1.54, 1.807) is 0 Å². The molecule has 0 bridgehead atoms. The number of ketones is 1. The van der Waals surface area contributed by atoms with Gasteiger partial charge in [-0.05, 0) is 49.6 Å². The van der Waals surface area contributed by atoms with Gasteiger partial charge in [0.25, 0.3) is 0 Å². The smallest absolute Gasteiger partial charge is 0.147 e. The van der Waals surface area contributed by atoms with Gasteiger partial charge >= 0.3 is 0 Å². The monoisotopic (exact) mass is 318 g/mol. The molecule has 2 aromatic carbocycles. The Balaban J connectivity index is 2.01. The van der Waals surface area contributed by atoms with Crippen LogP contribution in [0.1, 0.15) is 22.3 Å². The molecule has 0 aliphatic rings. The molecule has 0 N–H and O–H groups in total. The average molecular weight is 319 g/mol. The van der Waals surface area contributed by atoms with Crippen LogP contribution in [-0.4, -0.2) is 11.5 Å². The highest BCUT2D eigenvalue weighted by Gasteiger charge is 2.11. The highest BCUT2D eigenvalue weighted by molar-refractivity contribution is 8.00. The molecule has 0 amide bonds. The van der Waals surface area contributed by atoms with E-state index in [-0.39, 0.29) is 5.78 Å². The molecular weight excluding hydrogens is 300 g/mol. The lowest BCUT2D eigenvalue weighted by atomic mass is 9.96. The lowest BCUT2D eigenvalue weighted by Gasteiger charge is -2.11. The number of aryl methyl sites for hydroxylation is 3. The summed E-state index contributed by atoms with van der Waals surface area (Å²) in [4.78, 5) is 13.2. The second kappa shape index (κ2) is 7.15. The summed E-state index contributed by atoms with van der Waals surface area (Å²) >= 11 is 7.61.